The van der Waals surface area contributed by atoms with E-state index in [0.717, 1.165) is 34.8 Å². The Balaban J connectivity index is 2.00. The van der Waals surface area contributed by atoms with Crippen LogP contribution in [0.3, 0.4) is 0 Å². The summed E-state index contributed by atoms with van der Waals surface area (Å²) in [6.45, 7) is 6.81. The molecule has 0 aliphatic heterocycles. The Kier molecular flexibility index (Phi) is 6.85. The van der Waals surface area contributed by atoms with Crippen LogP contribution in [-0.4, -0.2) is 29.6 Å². The first-order chi connectivity index (χ1) is 11.1. The summed E-state index contributed by atoms with van der Waals surface area (Å²) in [6, 6.07) is 15.8. The minimum absolute atomic E-state index is 0.441. The van der Waals surface area contributed by atoms with Gasteiger partial charge in [0.2, 0.25) is 0 Å². The second kappa shape index (κ2) is 8.88. The first-order valence-corrected chi connectivity index (χ1v) is 8.44. The lowest BCUT2D eigenvalue weighted by molar-refractivity contribution is 0.119. The number of hydrogen-bond acceptors (Lipinski definition) is 2. The highest BCUT2D eigenvalue weighted by Gasteiger charge is 2.10. The lowest BCUT2D eigenvalue weighted by Crippen LogP contribution is -2.28. The van der Waals surface area contributed by atoms with Gasteiger partial charge in [-0.2, -0.15) is 0 Å². The third-order valence-electron chi connectivity index (χ3n) is 3.99. The molecule has 2 rings (SSSR count). The summed E-state index contributed by atoms with van der Waals surface area (Å²) in [7, 11) is 0. The molecular weight excluding hydrogens is 306 g/mol. The first kappa shape index (κ1) is 17.7. The second-order valence-electron chi connectivity index (χ2n) is 5.55. The Labute approximate surface area is 144 Å². The normalized spacial score (nSPS) is 12.9. The molecule has 2 aromatic carbocycles. The van der Waals surface area contributed by atoms with Crippen molar-refractivity contribution in [1.29, 1.82) is 0 Å². The van der Waals surface area contributed by atoms with Gasteiger partial charge in [-0.15, -0.1) is 0 Å². The van der Waals surface area contributed by atoms with Crippen molar-refractivity contribution in [2.75, 3.05) is 19.6 Å². The monoisotopic (exact) mass is 329 g/mol. The van der Waals surface area contributed by atoms with Crippen LogP contribution < -0.4 is 0 Å². The van der Waals surface area contributed by atoms with Gasteiger partial charge >= 0.3 is 0 Å². The third-order valence-corrected chi connectivity index (χ3v) is 4.24. The molecule has 0 unspecified atom stereocenters. The van der Waals surface area contributed by atoms with E-state index in [0.29, 0.717) is 6.54 Å². The summed E-state index contributed by atoms with van der Waals surface area (Å²) in [4.78, 5) is 2.22. The quantitative estimate of drug-likeness (QED) is 0.731. The van der Waals surface area contributed by atoms with Crippen molar-refractivity contribution in [2.24, 2.45) is 0 Å². The summed E-state index contributed by atoms with van der Waals surface area (Å²) < 4.78 is 0. The van der Waals surface area contributed by atoms with E-state index in [1.54, 1.807) is 0 Å². The van der Waals surface area contributed by atoms with Crippen molar-refractivity contribution in [3.63, 3.8) is 0 Å². The van der Waals surface area contributed by atoms with Crippen molar-refractivity contribution in [1.82, 2.24) is 4.90 Å². The maximum Gasteiger partial charge on any atom is 0.0916 e. The number of aliphatic hydroxyl groups excluding tert-OH is 1. The fraction of sp³-hybridized carbons (Fsp3) is 0.300. The maximum absolute atomic E-state index is 10.3. The van der Waals surface area contributed by atoms with Gasteiger partial charge in [0, 0.05) is 11.6 Å². The van der Waals surface area contributed by atoms with Gasteiger partial charge in [-0.3, -0.25) is 0 Å². The summed E-state index contributed by atoms with van der Waals surface area (Å²) in [5.74, 6) is 0. The van der Waals surface area contributed by atoms with Gasteiger partial charge in [0.15, 0.2) is 0 Å². The van der Waals surface area contributed by atoms with E-state index in [4.69, 9.17) is 11.6 Å². The van der Waals surface area contributed by atoms with Gasteiger partial charge in [-0.1, -0.05) is 74.0 Å². The van der Waals surface area contributed by atoms with E-state index < -0.39 is 6.10 Å². The van der Waals surface area contributed by atoms with Gasteiger partial charge in [0.25, 0.3) is 0 Å². The Bertz CT molecular complexity index is 615. The van der Waals surface area contributed by atoms with E-state index in [2.05, 4.69) is 30.9 Å². The lowest BCUT2D eigenvalue weighted by Gasteiger charge is -2.22. The smallest absolute Gasteiger partial charge is 0.0916 e. The van der Waals surface area contributed by atoms with E-state index in [-0.39, 0.29) is 0 Å². The molecule has 0 bridgehead atoms. The summed E-state index contributed by atoms with van der Waals surface area (Å²) in [5.41, 5.74) is 3.18. The molecule has 0 heterocycles. The second-order valence-corrected chi connectivity index (χ2v) is 5.99. The molecular formula is C20H24ClNO. The molecule has 0 saturated heterocycles. The van der Waals surface area contributed by atoms with Gasteiger partial charge in [-0.25, -0.2) is 0 Å². The zero-order valence-corrected chi connectivity index (χ0v) is 14.5. The van der Waals surface area contributed by atoms with Crippen LogP contribution in [0.15, 0.2) is 48.5 Å². The van der Waals surface area contributed by atoms with Crippen molar-refractivity contribution in [2.45, 2.75) is 20.0 Å². The standard InChI is InChI=1S/C20H24ClNO/c1-3-22(4-2)15-20(23)18-11-7-16(8-12-18)5-6-17-9-13-19(21)14-10-17/h5-14,20,23H,3-4,15H2,1-2H3/b6-5-/t20-/m1/s1. The SMILES string of the molecule is CCN(CC)C[C@@H](O)c1ccc(/C=C\c2ccc(Cl)cc2)cc1. The number of nitrogens with zero attached hydrogens (tertiary/aromatic N) is 1. The highest BCUT2D eigenvalue weighted by molar-refractivity contribution is 6.30. The Morgan fingerprint density at radius 2 is 1.39 bits per heavy atom. The summed E-state index contributed by atoms with van der Waals surface area (Å²) in [5, 5.41) is 11.0. The van der Waals surface area contributed by atoms with Crippen LogP contribution in [0, 0.1) is 0 Å². The molecule has 0 saturated carbocycles. The summed E-state index contributed by atoms with van der Waals surface area (Å²) in [6.07, 6.45) is 3.67. The van der Waals surface area contributed by atoms with Crippen molar-refractivity contribution in [3.05, 3.63) is 70.2 Å². The molecule has 2 aromatic rings. The molecule has 0 fully saturated rings. The number of rotatable bonds is 7. The van der Waals surface area contributed by atoms with Crippen LogP contribution in [0.4, 0.5) is 0 Å². The molecule has 0 aromatic heterocycles. The van der Waals surface area contributed by atoms with Crippen LogP contribution in [0.1, 0.15) is 36.6 Å². The van der Waals surface area contributed by atoms with Gasteiger partial charge in [0.05, 0.1) is 6.10 Å². The zero-order valence-electron chi connectivity index (χ0n) is 13.7. The van der Waals surface area contributed by atoms with Crippen LogP contribution in [-0.2, 0) is 0 Å². The molecule has 23 heavy (non-hydrogen) atoms. The fourth-order valence-electron chi connectivity index (χ4n) is 2.43. The number of aliphatic hydroxyl groups is 1. The number of likely N-dealkylation sites (N-methyl/N-ethyl adjacent to an activating group) is 1. The predicted molar refractivity (Wildman–Crippen MR) is 99.6 cm³/mol. The topological polar surface area (TPSA) is 23.5 Å². The van der Waals surface area contributed by atoms with Gasteiger partial charge in [0.1, 0.15) is 0 Å². The molecule has 3 heteroatoms. The summed E-state index contributed by atoms with van der Waals surface area (Å²) >= 11 is 5.88. The Hall–Kier alpha value is -1.61. The predicted octanol–water partition coefficient (Wildman–Crippen LogP) is 4.89. The van der Waals surface area contributed by atoms with Crippen molar-refractivity contribution < 1.29 is 5.11 Å². The zero-order chi connectivity index (χ0) is 16.7. The molecule has 0 amide bonds. The van der Waals surface area contributed by atoms with Gasteiger partial charge < -0.3 is 10.0 Å². The van der Waals surface area contributed by atoms with Crippen LogP contribution in [0.25, 0.3) is 12.2 Å². The lowest BCUT2D eigenvalue weighted by atomic mass is 10.1. The molecule has 0 aliphatic rings. The maximum atomic E-state index is 10.3. The molecule has 122 valence electrons. The van der Waals surface area contributed by atoms with Crippen LogP contribution in [0.2, 0.25) is 5.02 Å². The molecule has 0 aliphatic carbocycles. The number of halogens is 1. The van der Waals surface area contributed by atoms with Crippen LogP contribution >= 0.6 is 11.6 Å². The van der Waals surface area contributed by atoms with E-state index in [1.807, 2.05) is 48.5 Å². The molecule has 0 spiro atoms. The molecule has 0 radical (unpaired) electrons. The largest absolute Gasteiger partial charge is 0.387 e. The van der Waals surface area contributed by atoms with E-state index in [1.165, 1.54) is 0 Å². The highest BCUT2D eigenvalue weighted by atomic mass is 35.5. The third kappa shape index (κ3) is 5.51. The highest BCUT2D eigenvalue weighted by Crippen LogP contribution is 2.17. The fourth-order valence-corrected chi connectivity index (χ4v) is 2.55. The Morgan fingerprint density at radius 1 is 0.913 bits per heavy atom. The molecule has 2 nitrogen and oxygen atoms in total. The van der Waals surface area contributed by atoms with Crippen molar-refractivity contribution in [3.8, 4) is 0 Å². The average Bonchev–Trinajstić information content (AvgIpc) is 2.59. The number of hydrogen-bond donors (Lipinski definition) is 1. The molecule has 1 N–H and O–H groups in total. The minimum Gasteiger partial charge on any atom is -0.387 e. The van der Waals surface area contributed by atoms with E-state index in [9.17, 15) is 5.11 Å². The van der Waals surface area contributed by atoms with Gasteiger partial charge in [-0.05, 0) is 41.9 Å². The van der Waals surface area contributed by atoms with Crippen LogP contribution in [0.5, 0.6) is 0 Å². The number of benzene rings is 2. The molecule has 1 atom stereocenters. The minimum atomic E-state index is -0.441. The van der Waals surface area contributed by atoms with Crippen molar-refractivity contribution >= 4 is 23.8 Å². The first-order valence-electron chi connectivity index (χ1n) is 8.06. The van der Waals surface area contributed by atoms with E-state index >= 15 is 0 Å². The average molecular weight is 330 g/mol. The Morgan fingerprint density at radius 3 is 1.87 bits per heavy atom.